The van der Waals surface area contributed by atoms with Crippen molar-refractivity contribution in [2.45, 2.75) is 0 Å². The fraction of sp³-hybridized carbons (Fsp3) is 0.0625. The van der Waals surface area contributed by atoms with Gasteiger partial charge in [-0.2, -0.15) is 5.26 Å². The molecule has 25 heavy (non-hydrogen) atoms. The van der Waals surface area contributed by atoms with Gasteiger partial charge >= 0.3 is 0 Å². The summed E-state index contributed by atoms with van der Waals surface area (Å²) in [4.78, 5) is 20.2. The zero-order chi connectivity index (χ0) is 18.6. The molecule has 0 heterocycles. The van der Waals surface area contributed by atoms with Crippen LogP contribution in [0.15, 0.2) is 36.4 Å². The van der Waals surface area contributed by atoms with Gasteiger partial charge in [-0.15, -0.1) is 0 Å². The number of hydrogen-bond acceptors (Lipinski definition) is 7. The van der Waals surface area contributed by atoms with Gasteiger partial charge < -0.3 is 9.84 Å². The van der Waals surface area contributed by atoms with Crippen LogP contribution in [0, 0.1) is 31.6 Å². The van der Waals surface area contributed by atoms with E-state index >= 15 is 0 Å². The predicted octanol–water partition coefficient (Wildman–Crippen LogP) is 2.65. The van der Waals surface area contributed by atoms with Crippen LogP contribution in [0.25, 0.3) is 11.6 Å². The molecule has 2 aromatic carbocycles. The summed E-state index contributed by atoms with van der Waals surface area (Å²) in [6.45, 7) is 0. The number of nitro benzene ring substituents is 2. The van der Waals surface area contributed by atoms with Crippen LogP contribution in [-0.2, 0) is 0 Å². The lowest BCUT2D eigenvalue weighted by Crippen LogP contribution is -2.01. The molecule has 9 nitrogen and oxygen atoms in total. The number of hydrogen-bond donors (Lipinski definition) is 0. The molecular formula is C16H10N3O6-. The Hall–Kier alpha value is -3.93. The Bertz CT molecular complexity index is 913. The van der Waals surface area contributed by atoms with E-state index in [-0.39, 0.29) is 22.6 Å². The number of nitro groups is 2. The minimum Gasteiger partial charge on any atom is -0.865 e. The van der Waals surface area contributed by atoms with Crippen LogP contribution < -0.4 is 9.84 Å². The molecule has 0 spiro atoms. The lowest BCUT2D eigenvalue weighted by Gasteiger charge is -2.13. The van der Waals surface area contributed by atoms with E-state index in [1.54, 1.807) is 0 Å². The van der Waals surface area contributed by atoms with Crippen LogP contribution in [0.3, 0.4) is 0 Å². The summed E-state index contributed by atoms with van der Waals surface area (Å²) in [7, 11) is 1.20. The van der Waals surface area contributed by atoms with E-state index in [1.807, 2.05) is 6.07 Å². The van der Waals surface area contributed by atoms with Crippen molar-refractivity contribution in [1.29, 1.82) is 5.26 Å². The second-order valence-electron chi connectivity index (χ2n) is 4.80. The van der Waals surface area contributed by atoms with Crippen molar-refractivity contribution < 1.29 is 19.7 Å². The summed E-state index contributed by atoms with van der Waals surface area (Å²) in [5.41, 5.74) is -0.0792. The summed E-state index contributed by atoms with van der Waals surface area (Å²) in [6.07, 6.45) is 1.33. The van der Waals surface area contributed by atoms with Gasteiger partial charge in [-0.1, -0.05) is 0 Å². The monoisotopic (exact) mass is 340 g/mol. The van der Waals surface area contributed by atoms with Crippen molar-refractivity contribution in [3.63, 3.8) is 0 Å². The van der Waals surface area contributed by atoms with Crippen molar-refractivity contribution >= 4 is 23.0 Å². The standard InChI is InChI=1S/C16H11N3O6/c1-25-15-8-10(7-14(16(15)20)19(23)24)6-12(9-17)11-2-4-13(5-3-11)18(21)22/h2-8,20H,1H3/p-1/b12-6-. The average Bonchev–Trinajstić information content (AvgIpc) is 2.60. The summed E-state index contributed by atoms with van der Waals surface area (Å²) >= 11 is 0. The van der Waals surface area contributed by atoms with Crippen molar-refractivity contribution in [3.05, 3.63) is 67.8 Å². The Morgan fingerprint density at radius 3 is 2.28 bits per heavy atom. The number of non-ortho nitro benzene ring substituents is 1. The van der Waals surface area contributed by atoms with Gasteiger partial charge in [0, 0.05) is 23.9 Å². The van der Waals surface area contributed by atoms with Gasteiger partial charge in [0.15, 0.2) is 0 Å². The molecule has 0 fully saturated rings. The van der Waals surface area contributed by atoms with Crippen molar-refractivity contribution in [2.75, 3.05) is 7.11 Å². The molecule has 0 unspecified atom stereocenters. The highest BCUT2D eigenvalue weighted by Gasteiger charge is 2.14. The number of methoxy groups -OCH3 is 1. The third-order valence-electron chi connectivity index (χ3n) is 3.29. The Morgan fingerprint density at radius 1 is 1.16 bits per heavy atom. The maximum absolute atomic E-state index is 11.8. The van der Waals surface area contributed by atoms with Gasteiger partial charge in [-0.25, -0.2) is 0 Å². The van der Waals surface area contributed by atoms with Crippen LogP contribution >= 0.6 is 0 Å². The Kier molecular flexibility index (Phi) is 4.95. The SMILES string of the molecule is COc1cc(/C=C(/C#N)c2ccc([N+](=O)[O-])cc2)cc([N+](=O)[O-])c1[O-]. The first kappa shape index (κ1) is 17.4. The molecule has 0 bridgehead atoms. The van der Waals surface area contributed by atoms with Crippen LogP contribution in [0.1, 0.15) is 11.1 Å². The minimum absolute atomic E-state index is 0.116. The maximum atomic E-state index is 11.8. The lowest BCUT2D eigenvalue weighted by atomic mass is 10.0. The Labute approximate surface area is 141 Å². The average molecular weight is 340 g/mol. The molecule has 0 aromatic heterocycles. The molecule has 0 N–H and O–H groups in total. The molecule has 0 aliphatic rings. The maximum Gasteiger partial charge on any atom is 0.269 e. The van der Waals surface area contributed by atoms with Crippen LogP contribution in [-0.4, -0.2) is 17.0 Å². The summed E-state index contributed by atoms with van der Waals surface area (Å²) < 4.78 is 4.84. The van der Waals surface area contributed by atoms with E-state index in [1.165, 1.54) is 43.5 Å². The third-order valence-corrected chi connectivity index (χ3v) is 3.29. The van der Waals surface area contributed by atoms with E-state index in [0.717, 1.165) is 6.07 Å². The summed E-state index contributed by atoms with van der Waals surface area (Å²) in [6, 6.07) is 9.49. The van der Waals surface area contributed by atoms with Gasteiger partial charge in [-0.3, -0.25) is 20.2 Å². The smallest absolute Gasteiger partial charge is 0.269 e. The number of rotatable bonds is 5. The normalized spacial score (nSPS) is 10.8. The van der Waals surface area contributed by atoms with Crippen molar-refractivity contribution in [3.8, 4) is 17.6 Å². The molecule has 0 radical (unpaired) electrons. The van der Waals surface area contributed by atoms with Crippen LogP contribution in [0.2, 0.25) is 0 Å². The zero-order valence-corrected chi connectivity index (χ0v) is 12.8. The van der Waals surface area contributed by atoms with Crippen molar-refractivity contribution in [2.24, 2.45) is 0 Å². The van der Waals surface area contributed by atoms with E-state index in [2.05, 4.69) is 0 Å². The quantitative estimate of drug-likeness (QED) is 0.352. The number of nitriles is 1. The topological polar surface area (TPSA) is 142 Å². The second kappa shape index (κ2) is 7.10. The molecule has 0 atom stereocenters. The number of ether oxygens (including phenoxy) is 1. The minimum atomic E-state index is -0.863. The molecule has 0 aliphatic carbocycles. The van der Waals surface area contributed by atoms with Crippen molar-refractivity contribution in [1.82, 2.24) is 0 Å². The number of allylic oxidation sites excluding steroid dienone is 1. The van der Waals surface area contributed by atoms with E-state index < -0.39 is 21.3 Å². The highest BCUT2D eigenvalue weighted by molar-refractivity contribution is 5.90. The highest BCUT2D eigenvalue weighted by atomic mass is 16.6. The molecule has 0 aliphatic heterocycles. The molecule has 126 valence electrons. The van der Waals surface area contributed by atoms with E-state index in [0.29, 0.717) is 5.56 Å². The van der Waals surface area contributed by atoms with E-state index in [4.69, 9.17) is 4.74 Å². The highest BCUT2D eigenvalue weighted by Crippen LogP contribution is 2.35. The predicted molar refractivity (Wildman–Crippen MR) is 85.7 cm³/mol. The molecular weight excluding hydrogens is 330 g/mol. The zero-order valence-electron chi connectivity index (χ0n) is 12.8. The summed E-state index contributed by atoms with van der Waals surface area (Å²) in [5.74, 6) is -1.08. The fourth-order valence-electron chi connectivity index (χ4n) is 2.09. The van der Waals surface area contributed by atoms with Gasteiger partial charge in [-0.05, 0) is 35.4 Å². The van der Waals surface area contributed by atoms with Gasteiger partial charge in [0.05, 0.1) is 28.6 Å². The fourth-order valence-corrected chi connectivity index (χ4v) is 2.09. The van der Waals surface area contributed by atoms with Crippen LogP contribution in [0.4, 0.5) is 11.4 Å². The number of nitrogens with zero attached hydrogens (tertiary/aromatic N) is 3. The largest absolute Gasteiger partial charge is 0.865 e. The molecule has 9 heteroatoms. The molecule has 0 saturated carbocycles. The second-order valence-corrected chi connectivity index (χ2v) is 4.80. The molecule has 0 saturated heterocycles. The van der Waals surface area contributed by atoms with Gasteiger partial charge in [0.25, 0.3) is 11.4 Å². The Morgan fingerprint density at radius 2 is 1.80 bits per heavy atom. The molecule has 0 amide bonds. The van der Waals surface area contributed by atoms with Gasteiger partial charge in [0.1, 0.15) is 5.75 Å². The van der Waals surface area contributed by atoms with Crippen LogP contribution in [0.5, 0.6) is 11.5 Å². The number of benzene rings is 2. The van der Waals surface area contributed by atoms with E-state index in [9.17, 15) is 30.6 Å². The third kappa shape index (κ3) is 3.70. The first-order chi connectivity index (χ1) is 11.9. The molecule has 2 rings (SSSR count). The lowest BCUT2D eigenvalue weighted by molar-refractivity contribution is -0.398. The Balaban J connectivity index is 2.52. The molecule has 2 aromatic rings. The van der Waals surface area contributed by atoms with Gasteiger partial charge in [0.2, 0.25) is 0 Å². The first-order valence-electron chi connectivity index (χ1n) is 6.77. The summed E-state index contributed by atoms with van der Waals surface area (Å²) in [5, 5.41) is 42.7. The first-order valence-corrected chi connectivity index (χ1v) is 6.77.